The maximum Gasteiger partial charge on any atom is 0.151 e. The molecule has 0 amide bonds. The van der Waals surface area contributed by atoms with Gasteiger partial charge in [0.25, 0.3) is 0 Å². The van der Waals surface area contributed by atoms with Crippen molar-refractivity contribution in [1.29, 1.82) is 0 Å². The first-order valence-electron chi connectivity index (χ1n) is 10.6. The summed E-state index contributed by atoms with van der Waals surface area (Å²) in [5, 5.41) is 11.2. The van der Waals surface area contributed by atoms with E-state index in [9.17, 15) is 13.5 Å². The lowest BCUT2D eigenvalue weighted by Gasteiger charge is -2.30. The number of rotatable bonds is 8. The zero-order valence-corrected chi connectivity index (χ0v) is 20.0. The van der Waals surface area contributed by atoms with E-state index in [0.717, 1.165) is 5.56 Å². The van der Waals surface area contributed by atoms with E-state index in [1.165, 1.54) is 5.56 Å². The zero-order chi connectivity index (χ0) is 22.6. The monoisotopic (exact) mass is 465 g/mol. The Morgan fingerprint density at radius 3 is 2.32 bits per heavy atom. The second-order valence-electron chi connectivity index (χ2n) is 9.35. The minimum absolute atomic E-state index is 0.0763. The van der Waals surface area contributed by atoms with Gasteiger partial charge in [-0.2, -0.15) is 0 Å². The van der Waals surface area contributed by atoms with E-state index in [0.29, 0.717) is 30.3 Å². The standard InChI is InChI=1S/C24H32ClNO4S/c1-24(2,3)19-6-4-18(5-7-19)14-26(21-12-13-31(28,29)17-21)15-22(27)16-30-23-10-8-20(25)9-11-23/h4-11,21-22,27H,12-17H2,1-3H3/t21-,22-/m1/s1. The van der Waals surface area contributed by atoms with Gasteiger partial charge in [0.2, 0.25) is 0 Å². The molecule has 0 spiro atoms. The Balaban J connectivity index is 1.66. The fraction of sp³-hybridized carbons (Fsp3) is 0.500. The maximum atomic E-state index is 12.1. The van der Waals surface area contributed by atoms with E-state index >= 15 is 0 Å². The predicted octanol–water partition coefficient (Wildman–Crippen LogP) is 4.07. The van der Waals surface area contributed by atoms with E-state index in [4.69, 9.17) is 16.3 Å². The maximum absolute atomic E-state index is 12.1. The highest BCUT2D eigenvalue weighted by Crippen LogP contribution is 2.24. The number of aliphatic hydroxyl groups is 1. The van der Waals surface area contributed by atoms with Crippen molar-refractivity contribution in [2.45, 2.75) is 51.3 Å². The summed E-state index contributed by atoms with van der Waals surface area (Å²) in [6.07, 6.45) is -0.152. The van der Waals surface area contributed by atoms with Crippen LogP contribution in [-0.4, -0.2) is 55.2 Å². The molecule has 2 aromatic rings. The number of sulfone groups is 1. The predicted molar refractivity (Wildman–Crippen MR) is 126 cm³/mol. The topological polar surface area (TPSA) is 66.8 Å². The molecule has 2 aromatic carbocycles. The summed E-state index contributed by atoms with van der Waals surface area (Å²) in [6.45, 7) is 7.58. The average molecular weight is 466 g/mol. The molecular weight excluding hydrogens is 434 g/mol. The molecule has 1 aliphatic heterocycles. The minimum Gasteiger partial charge on any atom is -0.491 e. The summed E-state index contributed by atoms with van der Waals surface area (Å²) in [6, 6.07) is 15.3. The van der Waals surface area contributed by atoms with Crippen LogP contribution in [0.1, 0.15) is 38.3 Å². The highest BCUT2D eigenvalue weighted by Gasteiger charge is 2.33. The molecule has 3 rings (SSSR count). The fourth-order valence-electron chi connectivity index (χ4n) is 3.80. The molecule has 5 nitrogen and oxygen atoms in total. The van der Waals surface area contributed by atoms with Crippen molar-refractivity contribution in [3.05, 3.63) is 64.7 Å². The third kappa shape index (κ3) is 7.21. The van der Waals surface area contributed by atoms with Gasteiger partial charge in [-0.05, 0) is 47.2 Å². The molecule has 0 aliphatic carbocycles. The van der Waals surface area contributed by atoms with Crippen molar-refractivity contribution in [2.24, 2.45) is 0 Å². The normalized spacial score (nSPS) is 19.5. The molecule has 1 heterocycles. The van der Waals surface area contributed by atoms with Gasteiger partial charge >= 0.3 is 0 Å². The van der Waals surface area contributed by atoms with Crippen LogP contribution in [0.5, 0.6) is 5.75 Å². The van der Waals surface area contributed by atoms with Crippen LogP contribution >= 0.6 is 11.6 Å². The third-order valence-electron chi connectivity index (χ3n) is 5.63. The molecule has 0 aromatic heterocycles. The van der Waals surface area contributed by atoms with E-state index < -0.39 is 15.9 Å². The van der Waals surface area contributed by atoms with Crippen LogP contribution in [0.3, 0.4) is 0 Å². The Labute approximate surface area is 190 Å². The van der Waals surface area contributed by atoms with Gasteiger partial charge in [-0.15, -0.1) is 0 Å². The Morgan fingerprint density at radius 2 is 1.77 bits per heavy atom. The van der Waals surface area contributed by atoms with Gasteiger partial charge in [-0.25, -0.2) is 8.42 Å². The van der Waals surface area contributed by atoms with Crippen molar-refractivity contribution in [3.63, 3.8) is 0 Å². The smallest absolute Gasteiger partial charge is 0.151 e. The molecule has 0 bridgehead atoms. The van der Waals surface area contributed by atoms with Crippen LogP contribution in [0.15, 0.2) is 48.5 Å². The molecule has 0 radical (unpaired) electrons. The van der Waals surface area contributed by atoms with Crippen LogP contribution in [0, 0.1) is 0 Å². The second kappa shape index (κ2) is 9.90. The Morgan fingerprint density at radius 1 is 1.13 bits per heavy atom. The van der Waals surface area contributed by atoms with Gasteiger partial charge < -0.3 is 9.84 Å². The SMILES string of the molecule is CC(C)(C)c1ccc(CN(C[C@@H](O)COc2ccc(Cl)cc2)[C@@H]2CCS(=O)(=O)C2)cc1. The molecule has 1 aliphatic rings. The third-order valence-corrected chi connectivity index (χ3v) is 7.63. The van der Waals surface area contributed by atoms with Crippen LogP contribution in [-0.2, 0) is 21.8 Å². The Hall–Kier alpha value is -1.60. The van der Waals surface area contributed by atoms with Gasteiger partial charge in [-0.1, -0.05) is 56.6 Å². The van der Waals surface area contributed by atoms with Crippen molar-refractivity contribution < 1.29 is 18.3 Å². The number of hydrogen-bond acceptors (Lipinski definition) is 5. The average Bonchev–Trinajstić information content (AvgIpc) is 3.06. The number of halogens is 1. The second-order valence-corrected chi connectivity index (χ2v) is 12.0. The molecule has 0 saturated carbocycles. The van der Waals surface area contributed by atoms with Gasteiger partial charge in [0.15, 0.2) is 9.84 Å². The van der Waals surface area contributed by atoms with Gasteiger partial charge in [0.05, 0.1) is 11.5 Å². The van der Waals surface area contributed by atoms with Gasteiger partial charge in [0, 0.05) is 24.2 Å². The Kier molecular flexibility index (Phi) is 7.68. The summed E-state index contributed by atoms with van der Waals surface area (Å²) < 4.78 is 29.8. The summed E-state index contributed by atoms with van der Waals surface area (Å²) in [5.41, 5.74) is 2.43. The van der Waals surface area contributed by atoms with E-state index in [-0.39, 0.29) is 29.6 Å². The quantitative estimate of drug-likeness (QED) is 0.636. The zero-order valence-electron chi connectivity index (χ0n) is 18.4. The van der Waals surface area contributed by atoms with Crippen LogP contribution < -0.4 is 4.74 Å². The number of aliphatic hydroxyl groups excluding tert-OH is 1. The van der Waals surface area contributed by atoms with E-state index in [1.54, 1.807) is 24.3 Å². The first-order valence-corrected chi connectivity index (χ1v) is 12.8. The fourth-order valence-corrected chi connectivity index (χ4v) is 5.68. The van der Waals surface area contributed by atoms with Crippen LogP contribution in [0.4, 0.5) is 0 Å². The molecule has 2 atom stereocenters. The van der Waals surface area contributed by atoms with Gasteiger partial charge in [0.1, 0.15) is 18.5 Å². The summed E-state index contributed by atoms with van der Waals surface area (Å²) in [5.74, 6) is 0.975. The lowest BCUT2D eigenvalue weighted by atomic mass is 9.86. The Bertz CT molecular complexity index is 953. The number of ether oxygens (including phenoxy) is 1. The lowest BCUT2D eigenvalue weighted by molar-refractivity contribution is 0.0525. The molecule has 31 heavy (non-hydrogen) atoms. The van der Waals surface area contributed by atoms with Crippen molar-refractivity contribution in [2.75, 3.05) is 24.7 Å². The molecule has 1 N–H and O–H groups in total. The first-order chi connectivity index (χ1) is 14.5. The summed E-state index contributed by atoms with van der Waals surface area (Å²) >= 11 is 5.89. The van der Waals surface area contributed by atoms with E-state index in [2.05, 4.69) is 49.9 Å². The van der Waals surface area contributed by atoms with Crippen LogP contribution in [0.2, 0.25) is 5.02 Å². The van der Waals surface area contributed by atoms with Crippen molar-refractivity contribution in [3.8, 4) is 5.75 Å². The number of hydrogen-bond donors (Lipinski definition) is 1. The molecular formula is C24H32ClNO4S. The minimum atomic E-state index is -3.02. The molecule has 1 fully saturated rings. The largest absolute Gasteiger partial charge is 0.491 e. The summed E-state index contributed by atoms with van der Waals surface area (Å²) in [7, 11) is -3.02. The lowest BCUT2D eigenvalue weighted by Crippen LogP contribution is -2.42. The molecule has 0 unspecified atom stereocenters. The first kappa shape index (κ1) is 24.1. The molecule has 7 heteroatoms. The van der Waals surface area contributed by atoms with Crippen LogP contribution in [0.25, 0.3) is 0 Å². The molecule has 1 saturated heterocycles. The molecule has 170 valence electrons. The van der Waals surface area contributed by atoms with Crippen molar-refractivity contribution >= 4 is 21.4 Å². The highest BCUT2D eigenvalue weighted by atomic mass is 35.5. The summed E-state index contributed by atoms with van der Waals surface area (Å²) in [4.78, 5) is 2.08. The number of nitrogens with zero attached hydrogens (tertiary/aromatic N) is 1. The highest BCUT2D eigenvalue weighted by molar-refractivity contribution is 7.91. The van der Waals surface area contributed by atoms with Crippen molar-refractivity contribution in [1.82, 2.24) is 4.90 Å². The number of benzene rings is 2. The van der Waals surface area contributed by atoms with E-state index in [1.807, 2.05) is 0 Å². The van der Waals surface area contributed by atoms with Gasteiger partial charge in [-0.3, -0.25) is 4.90 Å².